The number of aryl methyl sites for hydroxylation is 2. The Kier molecular flexibility index (Phi) is 4.00. The molecule has 0 radical (unpaired) electrons. The minimum Gasteiger partial charge on any atom is -0.374 e. The van der Waals surface area contributed by atoms with Crippen LogP contribution in [0, 0.1) is 13.8 Å². The average molecular weight is 328 g/mol. The maximum Gasteiger partial charge on any atom is 0.223 e. The molecule has 2 atom stereocenters. The van der Waals surface area contributed by atoms with Gasteiger partial charge in [0, 0.05) is 30.4 Å². The highest BCUT2D eigenvalue weighted by molar-refractivity contribution is 5.77. The summed E-state index contributed by atoms with van der Waals surface area (Å²) < 4.78 is 7.66. The second-order valence-corrected chi connectivity index (χ2v) is 6.86. The lowest BCUT2D eigenvalue weighted by Crippen LogP contribution is -2.51. The SMILES string of the molecule is Cc1nc2ccnn2c(C)c1CCC(=O)N1CCOC2CCCC21. The molecular weight excluding hydrogens is 304 g/mol. The Morgan fingerprint density at radius 2 is 2.25 bits per heavy atom. The molecule has 2 aliphatic rings. The molecule has 1 aliphatic carbocycles. The number of amides is 1. The number of morpholine rings is 1. The van der Waals surface area contributed by atoms with E-state index in [1.807, 2.05) is 17.5 Å². The molecular formula is C18H24N4O2. The van der Waals surface area contributed by atoms with Crippen LogP contribution in [0.25, 0.3) is 5.65 Å². The van der Waals surface area contributed by atoms with Gasteiger partial charge in [0.05, 0.1) is 24.9 Å². The Balaban J connectivity index is 1.49. The molecule has 2 fully saturated rings. The summed E-state index contributed by atoms with van der Waals surface area (Å²) in [6.07, 6.45) is 6.60. The number of fused-ring (bicyclic) bond motifs is 2. The fourth-order valence-corrected chi connectivity index (χ4v) is 4.24. The van der Waals surface area contributed by atoms with Crippen molar-refractivity contribution < 1.29 is 9.53 Å². The molecule has 0 bridgehead atoms. The fraction of sp³-hybridized carbons (Fsp3) is 0.611. The third-order valence-corrected chi connectivity index (χ3v) is 5.49. The Morgan fingerprint density at radius 3 is 3.12 bits per heavy atom. The zero-order chi connectivity index (χ0) is 16.7. The van der Waals surface area contributed by atoms with E-state index in [4.69, 9.17) is 4.74 Å². The lowest BCUT2D eigenvalue weighted by molar-refractivity contribution is -0.143. The first-order valence-corrected chi connectivity index (χ1v) is 8.86. The van der Waals surface area contributed by atoms with E-state index in [2.05, 4.69) is 21.9 Å². The van der Waals surface area contributed by atoms with Crippen LogP contribution in [0.5, 0.6) is 0 Å². The number of hydrogen-bond donors (Lipinski definition) is 0. The van der Waals surface area contributed by atoms with Crippen molar-refractivity contribution in [2.75, 3.05) is 13.2 Å². The highest BCUT2D eigenvalue weighted by Crippen LogP contribution is 2.30. The summed E-state index contributed by atoms with van der Waals surface area (Å²) in [5.41, 5.74) is 4.07. The van der Waals surface area contributed by atoms with Crippen LogP contribution in [0.15, 0.2) is 12.3 Å². The Bertz CT molecular complexity index is 770. The van der Waals surface area contributed by atoms with Gasteiger partial charge >= 0.3 is 0 Å². The minimum atomic E-state index is 0.245. The van der Waals surface area contributed by atoms with Gasteiger partial charge < -0.3 is 9.64 Å². The largest absolute Gasteiger partial charge is 0.374 e. The molecule has 2 unspecified atom stereocenters. The van der Waals surface area contributed by atoms with Crippen LogP contribution in [-0.2, 0) is 16.0 Å². The molecule has 1 saturated heterocycles. The first-order chi connectivity index (χ1) is 11.6. The molecule has 0 spiro atoms. The predicted molar refractivity (Wildman–Crippen MR) is 89.9 cm³/mol. The maximum atomic E-state index is 12.8. The normalized spacial score (nSPS) is 23.7. The second-order valence-electron chi connectivity index (χ2n) is 6.86. The van der Waals surface area contributed by atoms with E-state index in [1.54, 1.807) is 6.20 Å². The molecule has 1 amide bonds. The van der Waals surface area contributed by atoms with Crippen molar-refractivity contribution in [2.45, 2.75) is 58.1 Å². The van der Waals surface area contributed by atoms with Crippen LogP contribution in [0.4, 0.5) is 0 Å². The second kappa shape index (κ2) is 6.16. The summed E-state index contributed by atoms with van der Waals surface area (Å²) in [7, 11) is 0. The van der Waals surface area contributed by atoms with Crippen molar-refractivity contribution in [3.05, 3.63) is 29.2 Å². The van der Waals surface area contributed by atoms with Crippen LogP contribution in [0.2, 0.25) is 0 Å². The third-order valence-electron chi connectivity index (χ3n) is 5.49. The van der Waals surface area contributed by atoms with E-state index in [9.17, 15) is 4.79 Å². The molecule has 0 aromatic carbocycles. The van der Waals surface area contributed by atoms with E-state index in [1.165, 1.54) is 0 Å². The van der Waals surface area contributed by atoms with Crippen LogP contribution < -0.4 is 0 Å². The number of carbonyl (C=O) groups excluding carboxylic acids is 1. The van der Waals surface area contributed by atoms with Gasteiger partial charge in [-0.05, 0) is 45.1 Å². The van der Waals surface area contributed by atoms with Gasteiger partial charge in [0.1, 0.15) is 0 Å². The van der Waals surface area contributed by atoms with Gasteiger partial charge in [-0.1, -0.05) is 0 Å². The van der Waals surface area contributed by atoms with Gasteiger partial charge in [0.25, 0.3) is 0 Å². The number of hydrogen-bond acceptors (Lipinski definition) is 4. The number of aromatic nitrogens is 3. The van der Waals surface area contributed by atoms with E-state index in [-0.39, 0.29) is 12.0 Å². The summed E-state index contributed by atoms with van der Waals surface area (Å²) in [5.74, 6) is 0.245. The first-order valence-electron chi connectivity index (χ1n) is 8.86. The highest BCUT2D eigenvalue weighted by atomic mass is 16.5. The molecule has 0 N–H and O–H groups in total. The van der Waals surface area contributed by atoms with Gasteiger partial charge in [0.15, 0.2) is 5.65 Å². The van der Waals surface area contributed by atoms with E-state index >= 15 is 0 Å². The predicted octanol–water partition coefficient (Wildman–Crippen LogP) is 2.06. The summed E-state index contributed by atoms with van der Waals surface area (Å²) in [4.78, 5) is 19.4. The average Bonchev–Trinajstić information content (AvgIpc) is 3.22. The molecule has 1 aliphatic heterocycles. The van der Waals surface area contributed by atoms with Crippen LogP contribution in [0.3, 0.4) is 0 Å². The first kappa shape index (κ1) is 15.6. The van der Waals surface area contributed by atoms with Gasteiger partial charge in [-0.2, -0.15) is 5.10 Å². The van der Waals surface area contributed by atoms with Crippen LogP contribution in [0.1, 0.15) is 42.6 Å². The molecule has 2 aromatic heterocycles. The monoisotopic (exact) mass is 328 g/mol. The van der Waals surface area contributed by atoms with Crippen molar-refractivity contribution in [3.63, 3.8) is 0 Å². The summed E-state index contributed by atoms with van der Waals surface area (Å²) in [6, 6.07) is 2.20. The number of carbonyl (C=O) groups is 1. The number of nitrogens with zero attached hydrogens (tertiary/aromatic N) is 4. The molecule has 6 heteroatoms. The maximum absolute atomic E-state index is 12.8. The molecule has 24 heavy (non-hydrogen) atoms. The van der Waals surface area contributed by atoms with Crippen molar-refractivity contribution in [1.82, 2.24) is 19.5 Å². The topological polar surface area (TPSA) is 59.7 Å². The van der Waals surface area contributed by atoms with Gasteiger partial charge in [0.2, 0.25) is 5.91 Å². The van der Waals surface area contributed by atoms with Crippen LogP contribution in [-0.4, -0.2) is 50.7 Å². The summed E-state index contributed by atoms with van der Waals surface area (Å²) in [5, 5.41) is 4.32. The third kappa shape index (κ3) is 2.59. The quantitative estimate of drug-likeness (QED) is 0.865. The fourth-order valence-electron chi connectivity index (χ4n) is 4.24. The van der Waals surface area contributed by atoms with Crippen molar-refractivity contribution in [2.24, 2.45) is 0 Å². The molecule has 1 saturated carbocycles. The molecule has 4 rings (SSSR count). The Morgan fingerprint density at radius 1 is 1.38 bits per heavy atom. The minimum absolute atomic E-state index is 0.245. The van der Waals surface area contributed by atoms with Gasteiger partial charge in [-0.15, -0.1) is 0 Å². The zero-order valence-electron chi connectivity index (χ0n) is 14.4. The summed E-state index contributed by atoms with van der Waals surface area (Å²) in [6.45, 7) is 5.47. The molecule has 2 aromatic rings. The highest BCUT2D eigenvalue weighted by Gasteiger charge is 2.38. The van der Waals surface area contributed by atoms with Crippen molar-refractivity contribution >= 4 is 11.6 Å². The smallest absolute Gasteiger partial charge is 0.223 e. The van der Waals surface area contributed by atoms with E-state index in [0.717, 1.165) is 48.4 Å². The van der Waals surface area contributed by atoms with Gasteiger partial charge in [-0.3, -0.25) is 4.79 Å². The van der Waals surface area contributed by atoms with E-state index in [0.29, 0.717) is 25.5 Å². The molecule has 3 heterocycles. The van der Waals surface area contributed by atoms with E-state index < -0.39 is 0 Å². The molecule has 128 valence electrons. The standard InChI is InChI=1S/C18H24N4O2/c1-12-14(13(2)22-17(20-12)8-9-19-22)6-7-18(23)21-10-11-24-16-5-3-4-15(16)21/h8-9,15-16H,3-7,10-11H2,1-2H3. The van der Waals surface area contributed by atoms with Crippen molar-refractivity contribution in [3.8, 4) is 0 Å². The lowest BCUT2D eigenvalue weighted by atomic mass is 10.0. The Hall–Kier alpha value is -1.95. The van der Waals surface area contributed by atoms with Crippen molar-refractivity contribution in [1.29, 1.82) is 0 Å². The zero-order valence-corrected chi connectivity index (χ0v) is 14.4. The van der Waals surface area contributed by atoms with Crippen LogP contribution >= 0.6 is 0 Å². The molecule has 6 nitrogen and oxygen atoms in total. The summed E-state index contributed by atoms with van der Waals surface area (Å²) >= 11 is 0. The number of rotatable bonds is 3. The Labute approximate surface area is 141 Å². The number of ether oxygens (including phenoxy) is 1. The lowest BCUT2D eigenvalue weighted by Gasteiger charge is -2.37. The van der Waals surface area contributed by atoms with Gasteiger partial charge in [-0.25, -0.2) is 9.50 Å².